The van der Waals surface area contributed by atoms with Crippen molar-refractivity contribution < 1.29 is 5.11 Å². The van der Waals surface area contributed by atoms with Crippen molar-refractivity contribution >= 4 is 10.9 Å². The zero-order valence-corrected chi connectivity index (χ0v) is 10.6. The standard InChI is InChI=1S/C14H20N2O/c1-9(2)16-8-13(10(3)7-15)12-5-4-11(17)6-14(12)16/h4-6,8-10,17H,7,15H2,1-3H3. The lowest BCUT2D eigenvalue weighted by Crippen LogP contribution is -2.08. The minimum absolute atomic E-state index is 0.310. The first-order valence-corrected chi connectivity index (χ1v) is 6.08. The Morgan fingerprint density at radius 3 is 2.59 bits per heavy atom. The van der Waals surface area contributed by atoms with E-state index in [9.17, 15) is 5.11 Å². The van der Waals surface area contributed by atoms with Gasteiger partial charge in [0.25, 0.3) is 0 Å². The van der Waals surface area contributed by atoms with E-state index in [1.807, 2.05) is 12.1 Å². The summed E-state index contributed by atoms with van der Waals surface area (Å²) in [6.07, 6.45) is 2.16. The second-order valence-corrected chi connectivity index (χ2v) is 4.92. The highest BCUT2D eigenvalue weighted by Gasteiger charge is 2.14. The van der Waals surface area contributed by atoms with Gasteiger partial charge in [-0.25, -0.2) is 0 Å². The number of nitrogens with zero attached hydrogens (tertiary/aromatic N) is 1. The van der Waals surface area contributed by atoms with E-state index in [-0.39, 0.29) is 0 Å². The van der Waals surface area contributed by atoms with Crippen LogP contribution in [0.5, 0.6) is 5.75 Å². The van der Waals surface area contributed by atoms with Crippen molar-refractivity contribution in [3.63, 3.8) is 0 Å². The molecule has 1 atom stereocenters. The van der Waals surface area contributed by atoms with Crippen LogP contribution in [0.25, 0.3) is 10.9 Å². The molecule has 0 amide bonds. The molecule has 0 fully saturated rings. The lowest BCUT2D eigenvalue weighted by molar-refractivity contribution is 0.475. The molecule has 1 aromatic heterocycles. The van der Waals surface area contributed by atoms with Crippen LogP contribution in [0, 0.1) is 0 Å². The third kappa shape index (κ3) is 2.03. The second kappa shape index (κ2) is 4.41. The lowest BCUT2D eigenvalue weighted by atomic mass is 10.0. The van der Waals surface area contributed by atoms with Crippen LogP contribution in [-0.2, 0) is 0 Å². The summed E-state index contributed by atoms with van der Waals surface area (Å²) in [4.78, 5) is 0. The molecular weight excluding hydrogens is 212 g/mol. The van der Waals surface area contributed by atoms with Gasteiger partial charge in [0.05, 0.1) is 5.52 Å². The maximum absolute atomic E-state index is 9.60. The molecule has 1 unspecified atom stereocenters. The predicted molar refractivity (Wildman–Crippen MR) is 71.5 cm³/mol. The zero-order chi connectivity index (χ0) is 12.6. The Bertz CT molecular complexity index is 528. The number of nitrogens with two attached hydrogens (primary N) is 1. The summed E-state index contributed by atoms with van der Waals surface area (Å²) in [6, 6.07) is 5.91. The van der Waals surface area contributed by atoms with Gasteiger partial charge in [0.15, 0.2) is 0 Å². The molecule has 3 heteroatoms. The minimum atomic E-state index is 0.310. The van der Waals surface area contributed by atoms with Crippen molar-refractivity contribution in [1.82, 2.24) is 4.57 Å². The Balaban J connectivity index is 2.70. The normalized spacial score (nSPS) is 13.5. The highest BCUT2D eigenvalue weighted by molar-refractivity contribution is 5.86. The molecule has 17 heavy (non-hydrogen) atoms. The van der Waals surface area contributed by atoms with Crippen LogP contribution in [0.15, 0.2) is 24.4 Å². The molecule has 0 radical (unpaired) electrons. The lowest BCUT2D eigenvalue weighted by Gasteiger charge is -2.09. The van der Waals surface area contributed by atoms with E-state index in [0.717, 1.165) is 5.52 Å². The van der Waals surface area contributed by atoms with E-state index in [0.29, 0.717) is 24.3 Å². The summed E-state index contributed by atoms with van der Waals surface area (Å²) in [5.74, 6) is 0.645. The van der Waals surface area contributed by atoms with Gasteiger partial charge in [0.1, 0.15) is 5.75 Å². The molecule has 2 aromatic rings. The Morgan fingerprint density at radius 1 is 1.29 bits per heavy atom. The molecule has 3 nitrogen and oxygen atoms in total. The van der Waals surface area contributed by atoms with Gasteiger partial charge in [0, 0.05) is 23.7 Å². The van der Waals surface area contributed by atoms with E-state index in [1.54, 1.807) is 6.07 Å². The first kappa shape index (κ1) is 12.0. The maximum Gasteiger partial charge on any atom is 0.117 e. The van der Waals surface area contributed by atoms with Crippen LogP contribution in [0.3, 0.4) is 0 Å². The Kier molecular flexibility index (Phi) is 3.11. The van der Waals surface area contributed by atoms with Gasteiger partial charge in [-0.3, -0.25) is 0 Å². The number of benzene rings is 1. The molecule has 1 aromatic carbocycles. The first-order chi connectivity index (χ1) is 8.04. The molecule has 0 saturated heterocycles. The van der Waals surface area contributed by atoms with Crippen molar-refractivity contribution in [1.29, 1.82) is 0 Å². The van der Waals surface area contributed by atoms with Crippen molar-refractivity contribution in [2.75, 3.05) is 6.54 Å². The summed E-state index contributed by atoms with van der Waals surface area (Å²) in [5, 5.41) is 10.8. The van der Waals surface area contributed by atoms with Crippen LogP contribution in [-0.4, -0.2) is 16.2 Å². The van der Waals surface area contributed by atoms with Crippen LogP contribution >= 0.6 is 0 Å². The summed E-state index contributed by atoms with van der Waals surface area (Å²) in [7, 11) is 0. The fourth-order valence-corrected chi connectivity index (χ4v) is 2.21. The van der Waals surface area contributed by atoms with Crippen molar-refractivity contribution in [2.24, 2.45) is 5.73 Å². The van der Waals surface area contributed by atoms with Crippen LogP contribution in [0.2, 0.25) is 0 Å². The molecule has 0 aliphatic carbocycles. The molecule has 0 aliphatic rings. The van der Waals surface area contributed by atoms with Crippen molar-refractivity contribution in [3.8, 4) is 5.75 Å². The molecular formula is C14H20N2O. The molecule has 3 N–H and O–H groups in total. The van der Waals surface area contributed by atoms with Crippen LogP contribution in [0.4, 0.5) is 0 Å². The third-order valence-electron chi connectivity index (χ3n) is 3.29. The van der Waals surface area contributed by atoms with E-state index in [1.165, 1.54) is 10.9 Å². The van der Waals surface area contributed by atoms with E-state index in [4.69, 9.17) is 5.73 Å². The molecule has 92 valence electrons. The summed E-state index contributed by atoms with van der Waals surface area (Å²) < 4.78 is 2.19. The van der Waals surface area contributed by atoms with Gasteiger partial charge in [-0.1, -0.05) is 6.92 Å². The topological polar surface area (TPSA) is 51.2 Å². The van der Waals surface area contributed by atoms with Crippen molar-refractivity contribution in [3.05, 3.63) is 30.0 Å². The number of aromatic hydroxyl groups is 1. The van der Waals surface area contributed by atoms with Gasteiger partial charge >= 0.3 is 0 Å². The summed E-state index contributed by atoms with van der Waals surface area (Å²) in [6.45, 7) is 7.05. The average molecular weight is 232 g/mol. The molecule has 0 aliphatic heterocycles. The van der Waals surface area contributed by atoms with Gasteiger partial charge in [-0.15, -0.1) is 0 Å². The summed E-state index contributed by atoms with van der Waals surface area (Å²) in [5.41, 5.74) is 8.09. The number of fused-ring (bicyclic) bond motifs is 1. The number of aromatic nitrogens is 1. The smallest absolute Gasteiger partial charge is 0.117 e. The SMILES string of the molecule is CC(CN)c1cn(C(C)C)c2cc(O)ccc12. The number of phenols is 1. The highest BCUT2D eigenvalue weighted by atomic mass is 16.3. The van der Waals surface area contributed by atoms with Gasteiger partial charge in [-0.05, 0) is 44.0 Å². The molecule has 2 rings (SSSR count). The maximum atomic E-state index is 9.60. The Labute approximate surface area is 102 Å². The molecule has 0 spiro atoms. The van der Waals surface area contributed by atoms with E-state index in [2.05, 4.69) is 31.5 Å². The van der Waals surface area contributed by atoms with Crippen LogP contribution < -0.4 is 5.73 Å². The average Bonchev–Trinajstić information content (AvgIpc) is 2.66. The number of rotatable bonds is 3. The molecule has 0 saturated carbocycles. The van der Waals surface area contributed by atoms with Gasteiger partial charge in [-0.2, -0.15) is 0 Å². The largest absolute Gasteiger partial charge is 0.508 e. The second-order valence-electron chi connectivity index (χ2n) is 4.92. The minimum Gasteiger partial charge on any atom is -0.508 e. The quantitative estimate of drug-likeness (QED) is 0.854. The zero-order valence-electron chi connectivity index (χ0n) is 10.6. The number of hydrogen-bond acceptors (Lipinski definition) is 2. The fourth-order valence-electron chi connectivity index (χ4n) is 2.21. The fraction of sp³-hybridized carbons (Fsp3) is 0.429. The van der Waals surface area contributed by atoms with Crippen molar-refractivity contribution in [2.45, 2.75) is 32.7 Å². The monoisotopic (exact) mass is 232 g/mol. The highest BCUT2D eigenvalue weighted by Crippen LogP contribution is 2.31. The van der Waals surface area contributed by atoms with Crippen LogP contribution in [0.1, 0.15) is 38.3 Å². The molecule has 1 heterocycles. The first-order valence-electron chi connectivity index (χ1n) is 6.08. The Morgan fingerprint density at radius 2 is 2.00 bits per heavy atom. The predicted octanol–water partition coefficient (Wildman–Crippen LogP) is 2.99. The third-order valence-corrected chi connectivity index (χ3v) is 3.29. The van der Waals surface area contributed by atoms with E-state index < -0.39 is 0 Å². The number of hydrogen-bond donors (Lipinski definition) is 2. The summed E-state index contributed by atoms with van der Waals surface area (Å²) >= 11 is 0. The Hall–Kier alpha value is -1.48. The number of phenolic OH excluding ortho intramolecular Hbond substituents is 1. The molecule has 0 bridgehead atoms. The van der Waals surface area contributed by atoms with E-state index >= 15 is 0 Å². The van der Waals surface area contributed by atoms with Gasteiger partial charge < -0.3 is 15.4 Å². The van der Waals surface area contributed by atoms with Gasteiger partial charge in [0.2, 0.25) is 0 Å².